The average Bonchev–Trinajstić information content (AvgIpc) is 3.00. The molecule has 1 heterocycles. The van der Waals surface area contributed by atoms with Gasteiger partial charge in [-0.15, -0.1) is 0 Å². The van der Waals surface area contributed by atoms with E-state index in [1.165, 1.54) is 22.9 Å². The monoisotopic (exact) mass is 774 g/mol. The standard InChI is InChI=1S/C44H54O4S4/c1-14-47-38(45)25-48-40-36-21-29(44(11,12)13)22-37(40)52-35-20-28(43(8,9)10)19-34(39(35)46)50-32-17-26(41(2,3)4)15-30(23-32)49-31-16-27(42(5,6)7)18-33(24-31)51-36/h15-24,46H,14,25H2,1-13H3. The van der Waals surface area contributed by atoms with Gasteiger partial charge in [0.1, 0.15) is 11.5 Å². The molecule has 8 heteroatoms. The Balaban J connectivity index is 1.85. The molecule has 0 saturated carbocycles. The molecule has 0 fully saturated rings. The van der Waals surface area contributed by atoms with Crippen molar-refractivity contribution in [3.8, 4) is 11.5 Å². The molecule has 0 saturated heterocycles. The minimum Gasteiger partial charge on any atom is -0.506 e. The average molecular weight is 775 g/mol. The quantitative estimate of drug-likeness (QED) is 0.181. The third-order valence-corrected chi connectivity index (χ3v) is 12.8. The zero-order valence-electron chi connectivity index (χ0n) is 33.0. The van der Waals surface area contributed by atoms with E-state index in [-0.39, 0.29) is 40.6 Å². The summed E-state index contributed by atoms with van der Waals surface area (Å²) in [4.78, 5) is 20.5. The summed E-state index contributed by atoms with van der Waals surface area (Å²) < 4.78 is 11.7. The zero-order valence-corrected chi connectivity index (χ0v) is 36.3. The molecule has 1 aliphatic heterocycles. The maximum Gasteiger partial charge on any atom is 0.344 e. The fraction of sp³-hybridized carbons (Fsp3) is 0.432. The normalized spacial score (nSPS) is 13.9. The van der Waals surface area contributed by atoms with Gasteiger partial charge >= 0.3 is 5.97 Å². The van der Waals surface area contributed by atoms with Gasteiger partial charge < -0.3 is 14.6 Å². The van der Waals surface area contributed by atoms with E-state index in [9.17, 15) is 9.90 Å². The van der Waals surface area contributed by atoms with Crippen LogP contribution in [0.15, 0.2) is 99.8 Å². The van der Waals surface area contributed by atoms with Gasteiger partial charge in [-0.1, -0.05) is 130 Å². The molecule has 52 heavy (non-hydrogen) atoms. The first kappa shape index (κ1) is 40.5. The summed E-state index contributed by atoms with van der Waals surface area (Å²) in [5, 5.41) is 12.1. The highest BCUT2D eigenvalue weighted by atomic mass is 32.2. The van der Waals surface area contributed by atoms with Crippen molar-refractivity contribution in [2.24, 2.45) is 0 Å². The van der Waals surface area contributed by atoms with Crippen molar-refractivity contribution in [3.05, 3.63) is 82.9 Å². The van der Waals surface area contributed by atoms with Crippen molar-refractivity contribution >= 4 is 53.0 Å². The molecule has 1 aliphatic rings. The number of hydrogen-bond acceptors (Lipinski definition) is 8. The third kappa shape index (κ3) is 9.90. The number of aromatic hydroxyl groups is 1. The number of phenols is 1. The smallest absolute Gasteiger partial charge is 0.344 e. The Kier molecular flexibility index (Phi) is 11.9. The maximum absolute atomic E-state index is 12.7. The van der Waals surface area contributed by atoms with Crippen LogP contribution in [0.4, 0.5) is 0 Å². The molecule has 0 atom stereocenters. The van der Waals surface area contributed by atoms with Gasteiger partial charge in [0, 0.05) is 19.6 Å². The van der Waals surface area contributed by atoms with E-state index in [0.717, 1.165) is 50.3 Å². The number of rotatable bonds is 4. The molecule has 4 nitrogen and oxygen atoms in total. The Hall–Kier alpha value is -2.65. The summed E-state index contributed by atoms with van der Waals surface area (Å²) >= 11 is 6.51. The summed E-state index contributed by atoms with van der Waals surface area (Å²) in [6.07, 6.45) is 0. The van der Waals surface area contributed by atoms with Gasteiger partial charge in [0.05, 0.1) is 26.2 Å². The van der Waals surface area contributed by atoms with Crippen LogP contribution in [-0.4, -0.2) is 24.3 Å². The van der Waals surface area contributed by atoms with Crippen molar-refractivity contribution in [2.75, 3.05) is 13.2 Å². The molecule has 0 spiro atoms. The predicted octanol–water partition coefficient (Wildman–Crippen LogP) is 13.4. The molecule has 8 bridgehead atoms. The molecule has 0 aliphatic carbocycles. The number of carbonyl (C=O) groups excluding carboxylic acids is 1. The molecule has 0 radical (unpaired) electrons. The SMILES string of the molecule is CCOC(=O)COc1c2cc(C(C)(C)C)cc1Sc1cc(C(C)(C)C)cc(c1O)Sc1cc(cc(C(C)(C)C)c1)Sc1cc(cc(C(C)(C)C)c1)S2. The molecule has 0 unspecified atom stereocenters. The van der Waals surface area contributed by atoms with Gasteiger partial charge in [0.2, 0.25) is 0 Å². The number of hydrogen-bond donors (Lipinski definition) is 1. The van der Waals surface area contributed by atoms with E-state index in [4.69, 9.17) is 9.47 Å². The van der Waals surface area contributed by atoms with E-state index in [1.54, 1.807) is 42.2 Å². The lowest BCUT2D eigenvalue weighted by atomic mass is 9.87. The Labute approximate surface area is 329 Å². The van der Waals surface area contributed by atoms with Gasteiger partial charge in [-0.3, -0.25) is 0 Å². The van der Waals surface area contributed by atoms with Crippen molar-refractivity contribution in [3.63, 3.8) is 0 Å². The Bertz CT molecular complexity index is 1970. The van der Waals surface area contributed by atoms with Gasteiger partial charge in [-0.2, -0.15) is 0 Å². The Morgan fingerprint density at radius 1 is 0.519 bits per heavy atom. The van der Waals surface area contributed by atoms with Gasteiger partial charge in [-0.25, -0.2) is 4.79 Å². The summed E-state index contributed by atoms with van der Waals surface area (Å²) in [6, 6.07) is 22.3. The van der Waals surface area contributed by atoms with Crippen LogP contribution in [0.2, 0.25) is 0 Å². The lowest BCUT2D eigenvalue weighted by Gasteiger charge is -2.26. The number of phenolic OH excluding ortho intramolecular Hbond substituents is 1. The van der Waals surface area contributed by atoms with Gasteiger partial charge in [0.15, 0.2) is 6.61 Å². The molecule has 1 N–H and O–H groups in total. The van der Waals surface area contributed by atoms with Crippen LogP contribution >= 0.6 is 47.0 Å². The first-order valence-electron chi connectivity index (χ1n) is 17.9. The van der Waals surface area contributed by atoms with Crippen molar-refractivity contribution in [1.29, 1.82) is 0 Å². The van der Waals surface area contributed by atoms with E-state index >= 15 is 0 Å². The number of carbonyl (C=O) groups is 1. The van der Waals surface area contributed by atoms with Crippen molar-refractivity contribution < 1.29 is 19.4 Å². The summed E-state index contributed by atoms with van der Waals surface area (Å²) in [6.45, 7) is 28.6. The molecule has 4 aromatic carbocycles. The summed E-state index contributed by atoms with van der Waals surface area (Å²) in [7, 11) is 0. The summed E-state index contributed by atoms with van der Waals surface area (Å²) in [5.41, 5.74) is 4.26. The molecule has 5 rings (SSSR count). The Morgan fingerprint density at radius 3 is 1.29 bits per heavy atom. The van der Waals surface area contributed by atoms with Crippen LogP contribution in [0.3, 0.4) is 0 Å². The Morgan fingerprint density at radius 2 is 0.865 bits per heavy atom. The van der Waals surface area contributed by atoms with Crippen LogP contribution in [0, 0.1) is 0 Å². The second kappa shape index (κ2) is 15.2. The molecule has 4 aromatic rings. The zero-order chi connectivity index (χ0) is 38.4. The fourth-order valence-corrected chi connectivity index (χ4v) is 10.0. The van der Waals surface area contributed by atoms with Gasteiger partial charge in [-0.05, 0) is 112 Å². The molecular weight excluding hydrogens is 721 g/mol. The number of esters is 1. The second-order valence-electron chi connectivity index (χ2n) is 17.5. The molecular formula is C44H54O4S4. The molecule has 278 valence electrons. The van der Waals surface area contributed by atoms with E-state index in [1.807, 2.05) is 0 Å². The van der Waals surface area contributed by atoms with Crippen molar-refractivity contribution in [1.82, 2.24) is 0 Å². The van der Waals surface area contributed by atoms with E-state index < -0.39 is 5.97 Å². The molecule has 0 aromatic heterocycles. The third-order valence-electron chi connectivity index (χ3n) is 8.84. The minimum absolute atomic E-state index is 0.0647. The number of benzene rings is 4. The lowest BCUT2D eigenvalue weighted by molar-refractivity contribution is -0.145. The van der Waals surface area contributed by atoms with Crippen LogP contribution in [-0.2, 0) is 31.2 Å². The summed E-state index contributed by atoms with van der Waals surface area (Å²) in [5.74, 6) is 0.419. The van der Waals surface area contributed by atoms with Gasteiger partial charge in [0.25, 0.3) is 0 Å². The number of fused-ring (bicyclic) bond motifs is 8. The van der Waals surface area contributed by atoms with Crippen LogP contribution in [0.1, 0.15) is 112 Å². The minimum atomic E-state index is -0.420. The van der Waals surface area contributed by atoms with E-state index in [2.05, 4.69) is 144 Å². The number of ether oxygens (including phenoxy) is 2. The second-order valence-corrected chi connectivity index (χ2v) is 22.0. The van der Waals surface area contributed by atoms with Crippen molar-refractivity contribution in [2.45, 2.75) is 151 Å². The largest absolute Gasteiger partial charge is 0.506 e. The highest BCUT2D eigenvalue weighted by molar-refractivity contribution is 8.01. The van der Waals surface area contributed by atoms with Crippen LogP contribution in [0.5, 0.6) is 11.5 Å². The van der Waals surface area contributed by atoms with E-state index in [0.29, 0.717) is 5.75 Å². The first-order chi connectivity index (χ1) is 24.0. The van der Waals surface area contributed by atoms with Crippen LogP contribution < -0.4 is 4.74 Å². The lowest BCUT2D eigenvalue weighted by Crippen LogP contribution is -2.16. The topological polar surface area (TPSA) is 55.8 Å². The highest BCUT2D eigenvalue weighted by Crippen LogP contribution is 2.52. The predicted molar refractivity (Wildman–Crippen MR) is 221 cm³/mol. The molecule has 0 amide bonds. The first-order valence-corrected chi connectivity index (χ1v) is 21.1. The fourth-order valence-electron chi connectivity index (χ4n) is 5.56. The maximum atomic E-state index is 12.7. The van der Waals surface area contributed by atoms with Crippen LogP contribution in [0.25, 0.3) is 0 Å². The highest BCUT2D eigenvalue weighted by Gasteiger charge is 2.27.